The summed E-state index contributed by atoms with van der Waals surface area (Å²) < 4.78 is 5.33. The average Bonchev–Trinajstić information content (AvgIpc) is 2.50. The monoisotopic (exact) mass is 187 g/mol. The van der Waals surface area contributed by atoms with E-state index in [2.05, 4.69) is 26.1 Å². The van der Waals surface area contributed by atoms with Crippen molar-refractivity contribution in [1.82, 2.24) is 5.32 Å². The Morgan fingerprint density at radius 3 is 2.69 bits per heavy atom. The first kappa shape index (κ1) is 11.0. The van der Waals surface area contributed by atoms with Crippen molar-refractivity contribution < 1.29 is 9.84 Å². The summed E-state index contributed by atoms with van der Waals surface area (Å²) in [5, 5.41) is 12.5. The van der Waals surface area contributed by atoms with E-state index in [0.29, 0.717) is 0 Å². The molecule has 0 radical (unpaired) electrons. The van der Waals surface area contributed by atoms with E-state index in [4.69, 9.17) is 9.84 Å². The smallest absolute Gasteiger partial charge is 0.0646 e. The van der Waals surface area contributed by atoms with Gasteiger partial charge in [0.25, 0.3) is 0 Å². The van der Waals surface area contributed by atoms with E-state index in [9.17, 15) is 0 Å². The van der Waals surface area contributed by atoms with Crippen molar-refractivity contribution >= 4 is 0 Å². The predicted octanol–water partition coefficient (Wildman–Crippen LogP) is 0.773. The van der Waals surface area contributed by atoms with Gasteiger partial charge in [0.2, 0.25) is 0 Å². The Labute approximate surface area is 80.5 Å². The lowest BCUT2D eigenvalue weighted by molar-refractivity contribution is 0.133. The number of ether oxygens (including phenoxy) is 1. The maximum Gasteiger partial charge on any atom is 0.0646 e. The number of aliphatic hydroxyl groups excluding tert-OH is 1. The molecule has 1 atom stereocenters. The lowest BCUT2D eigenvalue weighted by Crippen LogP contribution is -2.47. The van der Waals surface area contributed by atoms with Crippen LogP contribution in [0.3, 0.4) is 0 Å². The van der Waals surface area contributed by atoms with Crippen molar-refractivity contribution in [2.24, 2.45) is 5.41 Å². The zero-order valence-corrected chi connectivity index (χ0v) is 8.89. The molecule has 0 aromatic carbocycles. The summed E-state index contributed by atoms with van der Waals surface area (Å²) in [6.07, 6.45) is 1.06. The van der Waals surface area contributed by atoms with Crippen molar-refractivity contribution in [2.45, 2.75) is 32.7 Å². The summed E-state index contributed by atoms with van der Waals surface area (Å²) in [6, 6.07) is 0. The van der Waals surface area contributed by atoms with Crippen LogP contribution in [0.25, 0.3) is 0 Å². The molecule has 1 fully saturated rings. The molecule has 0 spiro atoms. The van der Waals surface area contributed by atoms with Gasteiger partial charge < -0.3 is 15.2 Å². The summed E-state index contributed by atoms with van der Waals surface area (Å²) in [6.45, 7) is 8.98. The highest BCUT2D eigenvalue weighted by atomic mass is 16.5. The van der Waals surface area contributed by atoms with Gasteiger partial charge in [0, 0.05) is 30.7 Å². The fraction of sp³-hybridized carbons (Fsp3) is 1.00. The predicted molar refractivity (Wildman–Crippen MR) is 52.7 cm³/mol. The van der Waals surface area contributed by atoms with Crippen LogP contribution in [-0.2, 0) is 4.74 Å². The van der Waals surface area contributed by atoms with E-state index < -0.39 is 0 Å². The van der Waals surface area contributed by atoms with Gasteiger partial charge in [0.1, 0.15) is 0 Å². The first-order chi connectivity index (χ1) is 5.97. The Bertz CT molecular complexity index is 162. The van der Waals surface area contributed by atoms with Crippen LogP contribution in [0.5, 0.6) is 0 Å². The van der Waals surface area contributed by atoms with Crippen molar-refractivity contribution in [3.05, 3.63) is 0 Å². The van der Waals surface area contributed by atoms with E-state index in [-0.39, 0.29) is 17.6 Å². The van der Waals surface area contributed by atoms with Crippen LogP contribution in [0.15, 0.2) is 0 Å². The van der Waals surface area contributed by atoms with Gasteiger partial charge in [0.15, 0.2) is 0 Å². The summed E-state index contributed by atoms with van der Waals surface area (Å²) in [7, 11) is 0. The van der Waals surface area contributed by atoms with Gasteiger partial charge in [-0.15, -0.1) is 0 Å². The van der Waals surface area contributed by atoms with E-state index in [1.54, 1.807) is 0 Å². The maximum atomic E-state index is 9.08. The first-order valence-electron chi connectivity index (χ1n) is 4.91. The van der Waals surface area contributed by atoms with Gasteiger partial charge in [0.05, 0.1) is 6.61 Å². The second-order valence-electron chi connectivity index (χ2n) is 5.04. The highest BCUT2D eigenvalue weighted by molar-refractivity contribution is 4.88. The number of hydrogen-bond acceptors (Lipinski definition) is 3. The van der Waals surface area contributed by atoms with Crippen LogP contribution >= 0.6 is 0 Å². The lowest BCUT2D eigenvalue weighted by Gasteiger charge is -2.30. The van der Waals surface area contributed by atoms with E-state index in [1.165, 1.54) is 0 Å². The minimum absolute atomic E-state index is 0.0361. The zero-order chi connectivity index (χ0) is 9.95. The highest BCUT2D eigenvalue weighted by Crippen LogP contribution is 2.20. The third kappa shape index (κ3) is 3.25. The summed E-state index contributed by atoms with van der Waals surface area (Å²) >= 11 is 0. The Morgan fingerprint density at radius 1 is 1.54 bits per heavy atom. The molecule has 13 heavy (non-hydrogen) atoms. The van der Waals surface area contributed by atoms with E-state index in [1.807, 2.05) is 0 Å². The Morgan fingerprint density at radius 2 is 2.23 bits per heavy atom. The number of rotatable bonds is 4. The van der Waals surface area contributed by atoms with Gasteiger partial charge in [-0.25, -0.2) is 0 Å². The molecule has 0 bridgehead atoms. The molecule has 0 amide bonds. The normalized spacial score (nSPS) is 29.5. The first-order valence-corrected chi connectivity index (χ1v) is 4.91. The molecule has 0 aromatic heterocycles. The minimum Gasteiger partial charge on any atom is -0.396 e. The van der Waals surface area contributed by atoms with E-state index in [0.717, 1.165) is 26.2 Å². The molecule has 1 heterocycles. The van der Waals surface area contributed by atoms with Crippen LogP contribution in [0.2, 0.25) is 0 Å². The molecular formula is C10H21NO2. The molecule has 1 rings (SSSR count). The quantitative estimate of drug-likeness (QED) is 0.683. The zero-order valence-electron chi connectivity index (χ0n) is 8.89. The average molecular weight is 187 g/mol. The molecule has 2 N–H and O–H groups in total. The Balaban J connectivity index is 2.32. The van der Waals surface area contributed by atoms with E-state index >= 15 is 0 Å². The number of nitrogens with one attached hydrogen (secondary N) is 1. The van der Waals surface area contributed by atoms with Crippen molar-refractivity contribution in [3.8, 4) is 0 Å². The van der Waals surface area contributed by atoms with Gasteiger partial charge >= 0.3 is 0 Å². The topological polar surface area (TPSA) is 41.5 Å². The molecule has 1 saturated heterocycles. The van der Waals surface area contributed by atoms with Gasteiger partial charge in [-0.3, -0.25) is 0 Å². The third-order valence-corrected chi connectivity index (χ3v) is 2.64. The van der Waals surface area contributed by atoms with Gasteiger partial charge in [-0.1, -0.05) is 13.8 Å². The molecule has 3 heteroatoms. The molecule has 1 aliphatic heterocycles. The molecule has 0 aromatic rings. The fourth-order valence-corrected chi connectivity index (χ4v) is 1.32. The molecule has 78 valence electrons. The fourth-order valence-electron chi connectivity index (χ4n) is 1.32. The Kier molecular flexibility index (Phi) is 3.33. The van der Waals surface area contributed by atoms with Crippen LogP contribution in [-0.4, -0.2) is 37.0 Å². The van der Waals surface area contributed by atoms with Crippen LogP contribution in [0, 0.1) is 5.41 Å². The molecule has 0 aliphatic carbocycles. The molecular weight excluding hydrogens is 166 g/mol. The Hall–Kier alpha value is -0.120. The molecule has 1 aliphatic rings. The van der Waals surface area contributed by atoms with Crippen molar-refractivity contribution in [1.29, 1.82) is 0 Å². The summed E-state index contributed by atoms with van der Waals surface area (Å²) in [5.41, 5.74) is 0.0814. The second-order valence-corrected chi connectivity index (χ2v) is 5.04. The van der Waals surface area contributed by atoms with Crippen molar-refractivity contribution in [2.75, 3.05) is 26.4 Å². The molecule has 0 saturated carbocycles. The number of hydrogen-bond donors (Lipinski definition) is 2. The minimum atomic E-state index is -0.0361. The van der Waals surface area contributed by atoms with Crippen LogP contribution < -0.4 is 5.32 Å². The SMILES string of the molecule is CC(C)(CO)CNC1(C)CCOC1. The standard InChI is InChI=1S/C10H21NO2/c1-9(2,7-12)6-11-10(3)4-5-13-8-10/h11-12H,4-8H2,1-3H3. The summed E-state index contributed by atoms with van der Waals surface area (Å²) in [5.74, 6) is 0. The highest BCUT2D eigenvalue weighted by Gasteiger charge is 2.30. The maximum absolute atomic E-state index is 9.08. The van der Waals surface area contributed by atoms with Crippen LogP contribution in [0.4, 0.5) is 0 Å². The third-order valence-electron chi connectivity index (χ3n) is 2.64. The second kappa shape index (κ2) is 3.95. The van der Waals surface area contributed by atoms with Crippen molar-refractivity contribution in [3.63, 3.8) is 0 Å². The lowest BCUT2D eigenvalue weighted by atomic mass is 9.92. The summed E-state index contributed by atoms with van der Waals surface area (Å²) in [4.78, 5) is 0. The van der Waals surface area contributed by atoms with Crippen LogP contribution in [0.1, 0.15) is 27.2 Å². The van der Waals surface area contributed by atoms with Gasteiger partial charge in [-0.05, 0) is 13.3 Å². The van der Waals surface area contributed by atoms with Gasteiger partial charge in [-0.2, -0.15) is 0 Å². The largest absolute Gasteiger partial charge is 0.396 e. The molecule has 3 nitrogen and oxygen atoms in total. The molecule has 1 unspecified atom stereocenters. The number of aliphatic hydroxyl groups is 1.